The van der Waals surface area contributed by atoms with Crippen molar-refractivity contribution in [2.24, 2.45) is 5.92 Å². The normalized spacial score (nSPS) is 30.7. The van der Waals surface area contributed by atoms with Crippen LogP contribution in [0.5, 0.6) is 0 Å². The van der Waals surface area contributed by atoms with Gasteiger partial charge in [0, 0.05) is 23.4 Å². The van der Waals surface area contributed by atoms with E-state index in [1.165, 1.54) is 17.9 Å². The van der Waals surface area contributed by atoms with Crippen molar-refractivity contribution in [3.63, 3.8) is 0 Å². The average molecular weight is 330 g/mol. The third-order valence-corrected chi connectivity index (χ3v) is 6.23. The van der Waals surface area contributed by atoms with Crippen LogP contribution in [0.15, 0.2) is 18.2 Å². The highest BCUT2D eigenvalue weighted by molar-refractivity contribution is 7.99. The second-order valence-corrected chi connectivity index (χ2v) is 7.53. The van der Waals surface area contributed by atoms with Crippen LogP contribution >= 0.6 is 23.4 Å². The number of rotatable bonds is 3. The highest BCUT2D eigenvalue weighted by atomic mass is 35.5. The first kappa shape index (κ1) is 15.6. The van der Waals surface area contributed by atoms with Crippen LogP contribution < -0.4 is 5.32 Å². The van der Waals surface area contributed by atoms with Gasteiger partial charge in [-0.05, 0) is 55.7 Å². The van der Waals surface area contributed by atoms with Gasteiger partial charge in [-0.2, -0.15) is 11.8 Å². The Hall–Kier alpha value is -0.290. The SMILES string of the molecule is CNC(c1ccc(F)cc1Cl)C1CCOC2(CCSC2)C1. The van der Waals surface area contributed by atoms with Crippen LogP contribution in [0.1, 0.15) is 30.9 Å². The maximum absolute atomic E-state index is 13.3. The van der Waals surface area contributed by atoms with E-state index in [2.05, 4.69) is 5.32 Å². The fraction of sp³-hybridized carbons (Fsp3) is 0.625. The summed E-state index contributed by atoms with van der Waals surface area (Å²) in [4.78, 5) is 0. The first-order chi connectivity index (χ1) is 10.1. The largest absolute Gasteiger partial charge is 0.374 e. The summed E-state index contributed by atoms with van der Waals surface area (Å²) in [5.41, 5.74) is 1.04. The quantitative estimate of drug-likeness (QED) is 0.904. The predicted octanol–water partition coefficient (Wildman–Crippen LogP) is 4.04. The van der Waals surface area contributed by atoms with Gasteiger partial charge in [-0.25, -0.2) is 4.39 Å². The number of ether oxygens (including phenoxy) is 1. The average Bonchev–Trinajstić information content (AvgIpc) is 2.90. The fourth-order valence-electron chi connectivity index (χ4n) is 3.61. The Kier molecular flexibility index (Phi) is 4.79. The van der Waals surface area contributed by atoms with Crippen LogP contribution in [-0.2, 0) is 4.74 Å². The Bertz CT molecular complexity index is 507. The van der Waals surface area contributed by atoms with Crippen molar-refractivity contribution >= 4 is 23.4 Å². The number of nitrogens with one attached hydrogen (secondary N) is 1. The van der Waals surface area contributed by atoms with Gasteiger partial charge in [0.15, 0.2) is 0 Å². The topological polar surface area (TPSA) is 21.3 Å². The van der Waals surface area contributed by atoms with Crippen molar-refractivity contribution in [1.29, 1.82) is 0 Å². The minimum atomic E-state index is -0.283. The molecule has 2 nitrogen and oxygen atoms in total. The second kappa shape index (κ2) is 6.45. The zero-order valence-corrected chi connectivity index (χ0v) is 13.8. The summed E-state index contributed by atoms with van der Waals surface area (Å²) in [5.74, 6) is 2.48. The van der Waals surface area contributed by atoms with Crippen LogP contribution in [0.25, 0.3) is 0 Å². The smallest absolute Gasteiger partial charge is 0.124 e. The van der Waals surface area contributed by atoms with E-state index in [1.807, 2.05) is 24.9 Å². The van der Waals surface area contributed by atoms with Crippen molar-refractivity contribution in [3.05, 3.63) is 34.6 Å². The molecular formula is C16H21ClFNOS. The highest BCUT2D eigenvalue weighted by Crippen LogP contribution is 2.44. The molecule has 2 aliphatic rings. The van der Waals surface area contributed by atoms with Gasteiger partial charge in [0.1, 0.15) is 5.82 Å². The van der Waals surface area contributed by atoms with E-state index < -0.39 is 0 Å². The molecule has 21 heavy (non-hydrogen) atoms. The Balaban J connectivity index is 1.82. The first-order valence-corrected chi connectivity index (χ1v) is 9.01. The Morgan fingerprint density at radius 1 is 1.52 bits per heavy atom. The van der Waals surface area contributed by atoms with Crippen LogP contribution in [0.3, 0.4) is 0 Å². The van der Waals surface area contributed by atoms with E-state index in [0.29, 0.717) is 10.9 Å². The number of halogens is 2. The standard InChI is InChI=1S/C16H21ClFNOS/c1-19-15(13-3-2-12(18)8-14(13)17)11-4-6-20-16(9-11)5-7-21-10-16/h2-3,8,11,15,19H,4-7,9-10H2,1H3. The predicted molar refractivity (Wildman–Crippen MR) is 86.6 cm³/mol. The lowest BCUT2D eigenvalue weighted by Gasteiger charge is -2.41. The van der Waals surface area contributed by atoms with E-state index in [0.717, 1.165) is 37.2 Å². The number of benzene rings is 1. The van der Waals surface area contributed by atoms with E-state index >= 15 is 0 Å². The van der Waals surface area contributed by atoms with Crippen LogP contribution in [-0.4, -0.2) is 30.8 Å². The fourth-order valence-corrected chi connectivity index (χ4v) is 5.28. The third-order valence-electron chi connectivity index (χ3n) is 4.68. The van der Waals surface area contributed by atoms with E-state index in [9.17, 15) is 4.39 Å². The molecule has 116 valence electrons. The van der Waals surface area contributed by atoms with E-state index in [1.54, 1.807) is 0 Å². The van der Waals surface area contributed by atoms with E-state index in [4.69, 9.17) is 16.3 Å². The molecule has 1 aromatic carbocycles. The van der Waals surface area contributed by atoms with Gasteiger partial charge < -0.3 is 10.1 Å². The summed E-state index contributed by atoms with van der Waals surface area (Å²) in [7, 11) is 1.95. The van der Waals surface area contributed by atoms with Crippen LogP contribution in [0.2, 0.25) is 5.02 Å². The third kappa shape index (κ3) is 3.24. The Morgan fingerprint density at radius 3 is 3.05 bits per heavy atom. The maximum atomic E-state index is 13.3. The highest BCUT2D eigenvalue weighted by Gasteiger charge is 2.42. The van der Waals surface area contributed by atoms with Gasteiger partial charge in [0.2, 0.25) is 0 Å². The van der Waals surface area contributed by atoms with E-state index in [-0.39, 0.29) is 17.5 Å². The van der Waals surface area contributed by atoms with Gasteiger partial charge in [0.05, 0.1) is 5.60 Å². The second-order valence-electron chi connectivity index (χ2n) is 6.02. The maximum Gasteiger partial charge on any atom is 0.124 e. The van der Waals surface area contributed by atoms with Gasteiger partial charge in [-0.15, -0.1) is 0 Å². The zero-order chi connectivity index (χ0) is 14.9. The Morgan fingerprint density at radius 2 is 2.38 bits per heavy atom. The molecule has 1 spiro atoms. The molecule has 3 unspecified atom stereocenters. The summed E-state index contributed by atoms with van der Waals surface area (Å²) in [6.45, 7) is 0.808. The molecule has 3 rings (SSSR count). The van der Waals surface area contributed by atoms with Gasteiger partial charge >= 0.3 is 0 Å². The molecule has 0 aromatic heterocycles. The summed E-state index contributed by atoms with van der Waals surface area (Å²) < 4.78 is 19.4. The minimum Gasteiger partial charge on any atom is -0.374 e. The molecule has 5 heteroatoms. The summed E-state index contributed by atoms with van der Waals surface area (Å²) >= 11 is 8.24. The van der Waals surface area contributed by atoms with Crippen molar-refractivity contribution in [2.75, 3.05) is 25.2 Å². The molecule has 0 saturated carbocycles. The van der Waals surface area contributed by atoms with Crippen molar-refractivity contribution in [2.45, 2.75) is 30.9 Å². The summed E-state index contributed by atoms with van der Waals surface area (Å²) in [5, 5.41) is 3.90. The molecule has 0 amide bonds. The molecule has 2 saturated heterocycles. The molecule has 2 heterocycles. The van der Waals surface area contributed by atoms with Crippen molar-refractivity contribution < 1.29 is 9.13 Å². The molecule has 1 N–H and O–H groups in total. The molecule has 2 fully saturated rings. The number of hydrogen-bond donors (Lipinski definition) is 1. The molecule has 0 aliphatic carbocycles. The lowest BCUT2D eigenvalue weighted by Crippen LogP contribution is -2.43. The molecule has 2 aliphatic heterocycles. The minimum absolute atomic E-state index is 0.0508. The molecular weight excluding hydrogens is 309 g/mol. The number of thioether (sulfide) groups is 1. The lowest BCUT2D eigenvalue weighted by molar-refractivity contribution is -0.0850. The Labute approximate surface area is 134 Å². The molecule has 1 aromatic rings. The molecule has 0 radical (unpaired) electrons. The van der Waals surface area contributed by atoms with Crippen LogP contribution in [0, 0.1) is 11.7 Å². The van der Waals surface area contributed by atoms with Crippen LogP contribution in [0.4, 0.5) is 4.39 Å². The van der Waals surface area contributed by atoms with Gasteiger partial charge in [-0.1, -0.05) is 17.7 Å². The summed E-state index contributed by atoms with van der Waals surface area (Å²) in [6, 6.07) is 4.86. The molecule has 3 atom stereocenters. The summed E-state index contributed by atoms with van der Waals surface area (Å²) in [6.07, 6.45) is 3.21. The molecule has 0 bridgehead atoms. The number of hydrogen-bond acceptors (Lipinski definition) is 3. The monoisotopic (exact) mass is 329 g/mol. The van der Waals surface area contributed by atoms with Crippen molar-refractivity contribution in [1.82, 2.24) is 5.32 Å². The van der Waals surface area contributed by atoms with Gasteiger partial charge in [0.25, 0.3) is 0 Å². The zero-order valence-electron chi connectivity index (χ0n) is 12.2. The van der Waals surface area contributed by atoms with Crippen molar-refractivity contribution in [3.8, 4) is 0 Å². The first-order valence-electron chi connectivity index (χ1n) is 7.47. The lowest BCUT2D eigenvalue weighted by atomic mass is 9.79. The van der Waals surface area contributed by atoms with Gasteiger partial charge in [-0.3, -0.25) is 0 Å².